The van der Waals surface area contributed by atoms with E-state index in [4.69, 9.17) is 9.90 Å². The molecule has 13 heteroatoms. The Bertz CT molecular complexity index is 1390. The summed E-state index contributed by atoms with van der Waals surface area (Å²) in [6.45, 7) is 4.38. The van der Waals surface area contributed by atoms with Gasteiger partial charge in [-0.2, -0.15) is 17.5 Å². The molecule has 0 atom stereocenters. The Morgan fingerprint density at radius 1 is 1.08 bits per heavy atom. The van der Waals surface area contributed by atoms with Gasteiger partial charge in [0, 0.05) is 19.3 Å². The number of aliphatic carboxylic acids is 1. The maximum absolute atomic E-state index is 13.4. The summed E-state index contributed by atoms with van der Waals surface area (Å²) in [5, 5.41) is 7.12. The molecule has 9 nitrogen and oxygen atoms in total. The predicted octanol–water partition coefficient (Wildman–Crippen LogP) is 3.94. The van der Waals surface area contributed by atoms with Gasteiger partial charge in [0.2, 0.25) is 10.0 Å². The number of carbonyl (C=O) groups excluding carboxylic acids is 1. The van der Waals surface area contributed by atoms with Crippen molar-refractivity contribution in [3.63, 3.8) is 0 Å². The zero-order valence-corrected chi connectivity index (χ0v) is 21.0. The summed E-state index contributed by atoms with van der Waals surface area (Å²) in [6.07, 6.45) is -3.55. The number of alkyl halides is 3. The normalized spacial score (nSPS) is 14.6. The van der Waals surface area contributed by atoms with Crippen LogP contribution in [0.5, 0.6) is 0 Å². The van der Waals surface area contributed by atoms with E-state index in [2.05, 4.69) is 4.98 Å². The minimum absolute atomic E-state index is 0.0822. The van der Waals surface area contributed by atoms with Crippen LogP contribution in [0.3, 0.4) is 0 Å². The van der Waals surface area contributed by atoms with Gasteiger partial charge in [0.05, 0.1) is 17.9 Å². The Labute approximate surface area is 211 Å². The highest BCUT2D eigenvalue weighted by molar-refractivity contribution is 7.89. The van der Waals surface area contributed by atoms with Crippen molar-refractivity contribution in [3.05, 3.63) is 72.3 Å². The zero-order chi connectivity index (χ0) is 27.5. The van der Waals surface area contributed by atoms with Crippen LogP contribution in [-0.4, -0.2) is 59.0 Å². The molecule has 3 aromatic rings. The summed E-state index contributed by atoms with van der Waals surface area (Å²) < 4.78 is 61.6. The number of benzene rings is 2. The number of amides is 1. The molecule has 2 heterocycles. The molecule has 198 valence electrons. The molecular weight excluding hydrogens is 513 g/mol. The summed E-state index contributed by atoms with van der Waals surface area (Å²) in [4.78, 5) is 28.3. The van der Waals surface area contributed by atoms with Crippen molar-refractivity contribution in [3.8, 4) is 5.69 Å². The minimum Gasteiger partial charge on any atom is -0.475 e. The lowest BCUT2D eigenvalue weighted by atomic mass is 10.2. The number of carboxylic acid groups (broad SMARTS) is 1. The van der Waals surface area contributed by atoms with Crippen molar-refractivity contribution in [2.24, 2.45) is 5.92 Å². The Kier molecular flexibility index (Phi) is 8.08. The topological polar surface area (TPSA) is 113 Å². The van der Waals surface area contributed by atoms with Crippen LogP contribution < -0.4 is 4.90 Å². The molecule has 1 amide bonds. The Morgan fingerprint density at radius 3 is 2.22 bits per heavy atom. The molecule has 0 fully saturated rings. The van der Waals surface area contributed by atoms with E-state index in [0.717, 1.165) is 5.69 Å². The van der Waals surface area contributed by atoms with E-state index in [0.29, 0.717) is 17.9 Å². The number of carbonyl (C=O) groups is 2. The SMILES string of the molecule is CC(C)CN1Cc2c(C(=O)N(C)c3ccccc3)ncn2-c2ccccc2S1(=O)=O.O=C(O)C(F)(F)F. The number of rotatable bonds is 4. The highest BCUT2D eigenvalue weighted by Gasteiger charge is 2.38. The third-order valence-electron chi connectivity index (χ3n) is 5.40. The number of carboxylic acids is 1. The van der Waals surface area contributed by atoms with Crippen LogP contribution in [0.15, 0.2) is 65.8 Å². The number of para-hydroxylation sites is 2. The molecule has 0 spiro atoms. The minimum atomic E-state index is -5.08. The van der Waals surface area contributed by atoms with Crippen LogP contribution in [0.4, 0.5) is 18.9 Å². The second-order valence-electron chi connectivity index (χ2n) is 8.57. The zero-order valence-electron chi connectivity index (χ0n) is 20.2. The molecule has 0 aliphatic carbocycles. The highest BCUT2D eigenvalue weighted by atomic mass is 32.2. The Hall–Kier alpha value is -3.71. The maximum Gasteiger partial charge on any atom is 0.490 e. The van der Waals surface area contributed by atoms with Crippen molar-refractivity contribution in [1.29, 1.82) is 0 Å². The van der Waals surface area contributed by atoms with Gasteiger partial charge in [-0.15, -0.1) is 0 Å². The predicted molar refractivity (Wildman–Crippen MR) is 129 cm³/mol. The van der Waals surface area contributed by atoms with Crippen LogP contribution in [0, 0.1) is 5.92 Å². The van der Waals surface area contributed by atoms with Crippen molar-refractivity contribution in [2.45, 2.75) is 31.5 Å². The first-order valence-corrected chi connectivity index (χ1v) is 12.5. The summed E-state index contributed by atoms with van der Waals surface area (Å²) in [5.74, 6) is -2.91. The molecule has 1 aliphatic rings. The molecular formula is C24H25F3N4O5S. The first-order chi connectivity index (χ1) is 17.2. The van der Waals surface area contributed by atoms with Gasteiger partial charge in [-0.05, 0) is 30.2 Å². The van der Waals surface area contributed by atoms with Crippen LogP contribution >= 0.6 is 0 Å². The number of aromatic nitrogens is 2. The maximum atomic E-state index is 13.4. The monoisotopic (exact) mass is 538 g/mol. The fourth-order valence-electron chi connectivity index (χ4n) is 3.67. The van der Waals surface area contributed by atoms with Crippen LogP contribution in [0.2, 0.25) is 0 Å². The molecule has 0 saturated heterocycles. The third-order valence-corrected chi connectivity index (χ3v) is 7.26. The number of hydrogen-bond donors (Lipinski definition) is 1. The van der Waals surface area contributed by atoms with Crippen molar-refractivity contribution < 1.29 is 36.3 Å². The molecule has 1 aliphatic heterocycles. The lowest BCUT2D eigenvalue weighted by Gasteiger charge is -2.22. The standard InChI is InChI=1S/C22H24N4O3S.C2HF3O2/c1-16(2)13-25-14-19-21(22(27)24(3)17-9-5-4-6-10-17)23-15-26(19)18-11-7-8-12-20(18)30(25,28)29;3-2(4,5)1(6)7/h4-12,15-16H,13-14H2,1-3H3;(H,6,7). The summed E-state index contributed by atoms with van der Waals surface area (Å²) in [6, 6.07) is 16.1. The first-order valence-electron chi connectivity index (χ1n) is 11.0. The number of anilines is 1. The molecule has 0 bridgehead atoms. The quantitative estimate of drug-likeness (QED) is 0.539. The summed E-state index contributed by atoms with van der Waals surface area (Å²) in [5.41, 5.74) is 2.07. The van der Waals surface area contributed by atoms with Gasteiger partial charge in [0.25, 0.3) is 5.91 Å². The van der Waals surface area contributed by atoms with Gasteiger partial charge in [-0.3, -0.25) is 9.36 Å². The number of sulfonamides is 1. The molecule has 0 unspecified atom stereocenters. The number of imidazole rings is 1. The van der Waals surface area contributed by atoms with Gasteiger partial charge >= 0.3 is 12.1 Å². The fourth-order valence-corrected chi connectivity index (χ4v) is 5.42. The number of fused-ring (bicyclic) bond motifs is 3. The van der Waals surface area contributed by atoms with E-state index in [1.54, 1.807) is 35.9 Å². The largest absolute Gasteiger partial charge is 0.490 e. The van der Waals surface area contributed by atoms with Gasteiger partial charge in [0.15, 0.2) is 5.69 Å². The van der Waals surface area contributed by atoms with E-state index >= 15 is 0 Å². The smallest absolute Gasteiger partial charge is 0.475 e. The average molecular weight is 539 g/mol. The highest BCUT2D eigenvalue weighted by Crippen LogP contribution is 2.32. The summed E-state index contributed by atoms with van der Waals surface area (Å²) in [7, 11) is -2.02. The van der Waals surface area contributed by atoms with Gasteiger partial charge in [-0.25, -0.2) is 18.2 Å². The third kappa shape index (κ3) is 6.00. The molecule has 1 N–H and O–H groups in total. The van der Waals surface area contributed by atoms with E-state index in [-0.39, 0.29) is 29.0 Å². The second-order valence-corrected chi connectivity index (χ2v) is 10.5. The van der Waals surface area contributed by atoms with E-state index in [1.165, 1.54) is 15.5 Å². The molecule has 37 heavy (non-hydrogen) atoms. The van der Waals surface area contributed by atoms with Crippen LogP contribution in [0.25, 0.3) is 5.69 Å². The van der Waals surface area contributed by atoms with Gasteiger partial charge in [0.1, 0.15) is 11.2 Å². The molecule has 0 radical (unpaired) electrons. The van der Waals surface area contributed by atoms with Gasteiger partial charge in [-0.1, -0.05) is 44.2 Å². The van der Waals surface area contributed by atoms with Crippen molar-refractivity contribution >= 4 is 27.6 Å². The van der Waals surface area contributed by atoms with Gasteiger partial charge < -0.3 is 10.0 Å². The number of hydrogen-bond acceptors (Lipinski definition) is 5. The Balaban J connectivity index is 0.000000479. The average Bonchev–Trinajstić information content (AvgIpc) is 3.22. The fraction of sp³-hybridized carbons (Fsp3) is 0.292. The van der Waals surface area contributed by atoms with E-state index in [9.17, 15) is 26.4 Å². The van der Waals surface area contributed by atoms with Crippen molar-refractivity contribution in [1.82, 2.24) is 13.9 Å². The Morgan fingerprint density at radius 2 is 1.65 bits per heavy atom. The first kappa shape index (κ1) is 27.9. The van der Waals surface area contributed by atoms with E-state index in [1.807, 2.05) is 44.2 Å². The number of halogens is 3. The molecule has 2 aromatic carbocycles. The molecule has 0 saturated carbocycles. The number of nitrogens with zero attached hydrogens (tertiary/aromatic N) is 4. The lowest BCUT2D eigenvalue weighted by Crippen LogP contribution is -2.34. The summed E-state index contributed by atoms with van der Waals surface area (Å²) >= 11 is 0. The van der Waals surface area contributed by atoms with Crippen molar-refractivity contribution in [2.75, 3.05) is 18.5 Å². The van der Waals surface area contributed by atoms with Crippen LogP contribution in [-0.2, 0) is 21.4 Å². The molecule has 1 aromatic heterocycles. The van der Waals surface area contributed by atoms with E-state index < -0.39 is 22.2 Å². The lowest BCUT2D eigenvalue weighted by molar-refractivity contribution is -0.192. The second kappa shape index (κ2) is 10.7. The van der Waals surface area contributed by atoms with Crippen LogP contribution in [0.1, 0.15) is 30.0 Å². The molecule has 4 rings (SSSR count).